The first-order valence-electron chi connectivity index (χ1n) is 10.3. The summed E-state index contributed by atoms with van der Waals surface area (Å²) in [6.45, 7) is 0.913. The second kappa shape index (κ2) is 10.2. The molecule has 2 aromatic heterocycles. The van der Waals surface area contributed by atoms with Gasteiger partial charge in [-0.15, -0.1) is 11.8 Å². The summed E-state index contributed by atoms with van der Waals surface area (Å²) in [4.78, 5) is 20.1. The Morgan fingerprint density at radius 1 is 1.03 bits per heavy atom. The Hall–Kier alpha value is -3.45. The van der Waals surface area contributed by atoms with Gasteiger partial charge in [-0.05, 0) is 60.7 Å². The van der Waals surface area contributed by atoms with Crippen LogP contribution < -0.4 is 9.47 Å². The number of nitrogens with zero attached hydrogens (tertiary/aromatic N) is 3. The molecule has 0 N–H and O–H groups in total. The van der Waals surface area contributed by atoms with Crippen molar-refractivity contribution >= 4 is 23.3 Å². The Balaban J connectivity index is 1.26. The third kappa shape index (κ3) is 5.42. The van der Waals surface area contributed by atoms with Crippen LogP contribution in [-0.2, 0) is 5.75 Å². The number of benzene rings is 2. The van der Waals surface area contributed by atoms with Crippen molar-refractivity contribution in [1.29, 1.82) is 0 Å². The van der Waals surface area contributed by atoms with Crippen molar-refractivity contribution < 1.29 is 14.3 Å². The van der Waals surface area contributed by atoms with Crippen molar-refractivity contribution in [2.75, 3.05) is 27.3 Å². The molecule has 6 nitrogen and oxygen atoms in total. The number of methoxy groups -OCH3 is 1. The lowest BCUT2D eigenvalue weighted by Crippen LogP contribution is -2.30. The van der Waals surface area contributed by atoms with Gasteiger partial charge in [0.2, 0.25) is 0 Å². The second-order valence-corrected chi connectivity index (χ2v) is 8.31. The summed E-state index contributed by atoms with van der Waals surface area (Å²) in [5.41, 5.74) is 2.63. The van der Waals surface area contributed by atoms with Crippen LogP contribution in [0, 0.1) is 0 Å². The predicted octanol–water partition coefficient (Wildman–Crippen LogP) is 4.79. The number of carbonyl (C=O) groups excluding carboxylic acids is 1. The van der Waals surface area contributed by atoms with Crippen LogP contribution in [0.2, 0.25) is 0 Å². The molecule has 0 saturated carbocycles. The Labute approximate surface area is 191 Å². The fourth-order valence-corrected chi connectivity index (χ4v) is 3.98. The fourth-order valence-electron chi connectivity index (χ4n) is 3.20. The average Bonchev–Trinajstić information content (AvgIpc) is 3.26. The van der Waals surface area contributed by atoms with E-state index in [1.54, 1.807) is 30.8 Å². The number of aromatic nitrogens is 2. The van der Waals surface area contributed by atoms with Crippen LogP contribution in [0.15, 0.2) is 84.0 Å². The zero-order valence-corrected chi connectivity index (χ0v) is 18.9. The maximum Gasteiger partial charge on any atom is 0.253 e. The molecule has 0 radical (unpaired) electrons. The number of hydrogen-bond donors (Lipinski definition) is 0. The van der Waals surface area contributed by atoms with E-state index in [-0.39, 0.29) is 5.91 Å². The highest BCUT2D eigenvalue weighted by molar-refractivity contribution is 7.98. The van der Waals surface area contributed by atoms with Gasteiger partial charge in [-0.25, -0.2) is 4.98 Å². The SMILES string of the molecule is COc1ccc(OCCN(C)C(=O)c2ccc(SCc3cn4ccccc4n3)cc2)cc1. The number of fused-ring (bicyclic) bond motifs is 1. The Bertz CT molecular complexity index is 1140. The summed E-state index contributed by atoms with van der Waals surface area (Å²) in [5.74, 6) is 2.28. The Morgan fingerprint density at radius 3 is 2.50 bits per heavy atom. The molecule has 2 heterocycles. The molecular formula is C25H25N3O3S. The highest BCUT2D eigenvalue weighted by atomic mass is 32.2. The molecule has 0 fully saturated rings. The standard InChI is InChI=1S/C25H25N3O3S/c1-27(15-16-31-22-10-8-21(30-2)9-11-22)25(29)19-6-12-23(13-7-19)32-18-20-17-28-14-4-3-5-24(28)26-20/h3-14,17H,15-16,18H2,1-2H3. The van der Waals surface area contributed by atoms with E-state index >= 15 is 0 Å². The molecule has 164 valence electrons. The van der Waals surface area contributed by atoms with Crippen LogP contribution in [0.3, 0.4) is 0 Å². The topological polar surface area (TPSA) is 56.1 Å². The molecule has 0 bridgehead atoms. The van der Waals surface area contributed by atoms with Crippen LogP contribution in [0.4, 0.5) is 0 Å². The monoisotopic (exact) mass is 447 g/mol. The highest BCUT2D eigenvalue weighted by Crippen LogP contribution is 2.23. The minimum atomic E-state index is -0.0276. The maximum atomic E-state index is 12.7. The number of imidazole rings is 1. The average molecular weight is 448 g/mol. The first-order chi connectivity index (χ1) is 15.6. The van der Waals surface area contributed by atoms with E-state index in [9.17, 15) is 4.79 Å². The van der Waals surface area contributed by atoms with Gasteiger partial charge >= 0.3 is 0 Å². The first-order valence-corrected chi connectivity index (χ1v) is 11.3. The van der Waals surface area contributed by atoms with Gasteiger partial charge in [0.25, 0.3) is 5.91 Å². The van der Waals surface area contributed by atoms with Crippen LogP contribution in [0.5, 0.6) is 11.5 Å². The molecular weight excluding hydrogens is 422 g/mol. The van der Waals surface area contributed by atoms with Crippen LogP contribution >= 0.6 is 11.8 Å². The Kier molecular flexibility index (Phi) is 6.97. The van der Waals surface area contributed by atoms with Crippen molar-refractivity contribution in [3.63, 3.8) is 0 Å². The van der Waals surface area contributed by atoms with Crippen LogP contribution in [-0.4, -0.2) is 47.5 Å². The zero-order chi connectivity index (χ0) is 22.3. The summed E-state index contributed by atoms with van der Waals surface area (Å²) in [6.07, 6.45) is 4.04. The lowest BCUT2D eigenvalue weighted by Gasteiger charge is -2.18. The van der Waals surface area contributed by atoms with Crippen molar-refractivity contribution in [1.82, 2.24) is 14.3 Å². The predicted molar refractivity (Wildman–Crippen MR) is 127 cm³/mol. The maximum absolute atomic E-state index is 12.7. The lowest BCUT2D eigenvalue weighted by molar-refractivity contribution is 0.0773. The minimum absolute atomic E-state index is 0.0276. The molecule has 0 aliphatic rings. The van der Waals surface area contributed by atoms with Gasteiger partial charge in [0.1, 0.15) is 23.8 Å². The normalized spacial score (nSPS) is 10.8. The number of ether oxygens (including phenoxy) is 2. The number of amides is 1. The largest absolute Gasteiger partial charge is 0.497 e. The molecule has 0 spiro atoms. The molecule has 2 aromatic carbocycles. The number of thioether (sulfide) groups is 1. The van der Waals surface area contributed by atoms with Gasteiger partial charge in [-0.1, -0.05) is 6.07 Å². The summed E-state index contributed by atoms with van der Waals surface area (Å²) in [7, 11) is 3.41. The highest BCUT2D eigenvalue weighted by Gasteiger charge is 2.12. The van der Waals surface area contributed by atoms with E-state index in [1.807, 2.05) is 83.5 Å². The van der Waals surface area contributed by atoms with E-state index in [4.69, 9.17) is 9.47 Å². The number of hydrogen-bond acceptors (Lipinski definition) is 5. The van der Waals surface area contributed by atoms with E-state index in [0.717, 1.165) is 33.5 Å². The number of carbonyl (C=O) groups is 1. The third-order valence-corrected chi connectivity index (χ3v) is 6.05. The fraction of sp³-hybridized carbons (Fsp3) is 0.200. The molecule has 0 saturated heterocycles. The minimum Gasteiger partial charge on any atom is -0.497 e. The molecule has 0 aliphatic carbocycles. The summed E-state index contributed by atoms with van der Waals surface area (Å²) in [6, 6.07) is 21.1. The van der Waals surface area contributed by atoms with Gasteiger partial charge in [-0.2, -0.15) is 0 Å². The smallest absolute Gasteiger partial charge is 0.253 e. The van der Waals surface area contributed by atoms with E-state index in [1.165, 1.54) is 0 Å². The molecule has 0 atom stereocenters. The zero-order valence-electron chi connectivity index (χ0n) is 18.1. The van der Waals surface area contributed by atoms with E-state index < -0.39 is 0 Å². The first kappa shape index (κ1) is 21.8. The quantitative estimate of drug-likeness (QED) is 0.346. The molecule has 0 aliphatic heterocycles. The number of rotatable bonds is 9. The van der Waals surface area contributed by atoms with Crippen molar-refractivity contribution in [2.24, 2.45) is 0 Å². The summed E-state index contributed by atoms with van der Waals surface area (Å²) >= 11 is 1.70. The molecule has 4 aromatic rings. The number of likely N-dealkylation sites (N-methyl/N-ethyl adjacent to an activating group) is 1. The van der Waals surface area contributed by atoms with Gasteiger partial charge in [-0.3, -0.25) is 4.79 Å². The van der Waals surface area contributed by atoms with Crippen LogP contribution in [0.25, 0.3) is 5.65 Å². The van der Waals surface area contributed by atoms with Crippen LogP contribution in [0.1, 0.15) is 16.1 Å². The lowest BCUT2D eigenvalue weighted by atomic mass is 10.2. The van der Waals surface area contributed by atoms with Gasteiger partial charge in [0.15, 0.2) is 0 Å². The number of pyridine rings is 1. The third-order valence-electron chi connectivity index (χ3n) is 5.00. The summed E-state index contributed by atoms with van der Waals surface area (Å²) in [5, 5.41) is 0. The van der Waals surface area contributed by atoms with Gasteiger partial charge < -0.3 is 18.8 Å². The van der Waals surface area contributed by atoms with Crippen molar-refractivity contribution in [3.05, 3.63) is 90.4 Å². The van der Waals surface area contributed by atoms with Crippen molar-refractivity contribution in [3.8, 4) is 11.5 Å². The molecule has 32 heavy (non-hydrogen) atoms. The molecule has 0 unspecified atom stereocenters. The second-order valence-electron chi connectivity index (χ2n) is 7.26. The molecule has 7 heteroatoms. The van der Waals surface area contributed by atoms with E-state index in [0.29, 0.717) is 18.7 Å². The molecule has 1 amide bonds. The Morgan fingerprint density at radius 2 is 1.78 bits per heavy atom. The van der Waals surface area contributed by atoms with E-state index in [2.05, 4.69) is 4.98 Å². The molecule has 4 rings (SSSR count). The van der Waals surface area contributed by atoms with Gasteiger partial charge in [0, 0.05) is 35.7 Å². The van der Waals surface area contributed by atoms with Crippen molar-refractivity contribution in [2.45, 2.75) is 10.6 Å². The summed E-state index contributed by atoms with van der Waals surface area (Å²) < 4.78 is 12.9. The van der Waals surface area contributed by atoms with Gasteiger partial charge in [0.05, 0.1) is 19.3 Å².